The Morgan fingerprint density at radius 3 is 2.21 bits per heavy atom. The van der Waals surface area contributed by atoms with Crippen molar-refractivity contribution in [2.24, 2.45) is 0 Å². The molecule has 0 aliphatic heterocycles. The summed E-state index contributed by atoms with van der Waals surface area (Å²) in [5, 5.41) is 11.1. The average Bonchev–Trinajstić information content (AvgIpc) is 2.10. The number of ether oxygens (including phenoxy) is 1. The lowest BCUT2D eigenvalue weighted by Crippen LogP contribution is -2.45. The van der Waals surface area contributed by atoms with Crippen LogP contribution in [-0.2, 0) is 19.6 Å². The van der Waals surface area contributed by atoms with E-state index in [0.29, 0.717) is 0 Å². The molecule has 0 unspecified atom stereocenters. The number of carbonyl (C=O) groups is 2. The summed E-state index contributed by atoms with van der Waals surface area (Å²) >= 11 is 0. The Hall–Kier alpha value is -1.35. The van der Waals surface area contributed by atoms with Crippen molar-refractivity contribution in [1.29, 1.82) is 0 Å². The van der Waals surface area contributed by atoms with E-state index in [2.05, 4.69) is 10.0 Å². The maximum Gasteiger partial charge on any atom is 0.408 e. The Labute approximate surface area is 112 Å². The molecule has 0 bridgehead atoms. The van der Waals surface area contributed by atoms with E-state index in [-0.39, 0.29) is 13.0 Å². The third-order valence-corrected chi connectivity index (χ3v) is 2.51. The fourth-order valence-electron chi connectivity index (χ4n) is 1.10. The molecule has 0 aromatic carbocycles. The fraction of sp³-hybridized carbons (Fsp3) is 0.800. The van der Waals surface area contributed by atoms with Crippen LogP contribution in [0.4, 0.5) is 4.79 Å². The van der Waals surface area contributed by atoms with Gasteiger partial charge in [-0.2, -0.15) is 0 Å². The molecular weight excluding hydrogens is 276 g/mol. The quantitative estimate of drug-likeness (QED) is 0.629. The highest BCUT2D eigenvalue weighted by atomic mass is 32.2. The summed E-state index contributed by atoms with van der Waals surface area (Å²) in [4.78, 5) is 22.3. The number of hydrogen-bond donors (Lipinski definition) is 3. The molecule has 0 spiro atoms. The summed E-state index contributed by atoms with van der Waals surface area (Å²) in [5.41, 5.74) is -0.738. The third kappa shape index (κ3) is 10.3. The molecule has 0 radical (unpaired) electrons. The van der Waals surface area contributed by atoms with Gasteiger partial charge in [0.25, 0.3) is 0 Å². The van der Waals surface area contributed by atoms with Crippen LogP contribution in [-0.4, -0.2) is 50.0 Å². The maximum atomic E-state index is 11.4. The second-order valence-corrected chi connectivity index (χ2v) is 6.83. The minimum atomic E-state index is -3.39. The molecule has 0 heterocycles. The molecule has 0 saturated carbocycles. The Morgan fingerprint density at radius 2 is 1.84 bits per heavy atom. The molecule has 3 N–H and O–H groups in total. The molecule has 0 saturated heterocycles. The number of amides is 1. The first-order valence-electron chi connectivity index (χ1n) is 5.57. The van der Waals surface area contributed by atoms with Gasteiger partial charge in [0.15, 0.2) is 0 Å². The van der Waals surface area contributed by atoms with Gasteiger partial charge in [-0.05, 0) is 27.2 Å². The monoisotopic (exact) mass is 296 g/mol. The number of carboxylic acid groups (broad SMARTS) is 1. The van der Waals surface area contributed by atoms with Gasteiger partial charge in [-0.25, -0.2) is 22.7 Å². The van der Waals surface area contributed by atoms with E-state index >= 15 is 0 Å². The molecule has 0 aliphatic rings. The molecule has 19 heavy (non-hydrogen) atoms. The van der Waals surface area contributed by atoms with Crippen LogP contribution in [0.5, 0.6) is 0 Å². The van der Waals surface area contributed by atoms with Gasteiger partial charge in [-0.1, -0.05) is 0 Å². The lowest BCUT2D eigenvalue weighted by atomic mass is 10.2. The van der Waals surface area contributed by atoms with Gasteiger partial charge in [-0.15, -0.1) is 0 Å². The predicted molar refractivity (Wildman–Crippen MR) is 68.3 cm³/mol. The summed E-state index contributed by atoms with van der Waals surface area (Å²) < 4.78 is 28.7. The molecule has 112 valence electrons. The standard InChI is InChI=1S/C10H20N2O6S/c1-10(2,3)18-9(15)12-7(8(13)14)5-6-11-19(4,16)17/h7,11H,5-6H2,1-4H3,(H,12,15)(H,13,14)/t7-/m0/s1. The van der Waals surface area contributed by atoms with Crippen molar-refractivity contribution in [3.8, 4) is 0 Å². The van der Waals surface area contributed by atoms with Crippen LogP contribution in [0.1, 0.15) is 27.2 Å². The summed E-state index contributed by atoms with van der Waals surface area (Å²) in [7, 11) is -3.39. The Balaban J connectivity index is 4.35. The minimum Gasteiger partial charge on any atom is -0.480 e. The number of aliphatic carboxylic acids is 1. The molecule has 1 atom stereocenters. The lowest BCUT2D eigenvalue weighted by Gasteiger charge is -2.22. The molecule has 0 aliphatic carbocycles. The van der Waals surface area contributed by atoms with E-state index in [1.165, 1.54) is 0 Å². The molecule has 8 nitrogen and oxygen atoms in total. The van der Waals surface area contributed by atoms with E-state index in [1.807, 2.05) is 0 Å². The first kappa shape index (κ1) is 17.6. The average molecular weight is 296 g/mol. The zero-order chi connectivity index (χ0) is 15.3. The van der Waals surface area contributed by atoms with Crippen LogP contribution in [0.2, 0.25) is 0 Å². The second kappa shape index (κ2) is 6.71. The van der Waals surface area contributed by atoms with Gasteiger partial charge in [0.1, 0.15) is 11.6 Å². The van der Waals surface area contributed by atoms with Crippen LogP contribution < -0.4 is 10.0 Å². The van der Waals surface area contributed by atoms with Gasteiger partial charge in [0.2, 0.25) is 10.0 Å². The topological polar surface area (TPSA) is 122 Å². The van der Waals surface area contributed by atoms with Crippen molar-refractivity contribution in [3.05, 3.63) is 0 Å². The van der Waals surface area contributed by atoms with Crippen molar-refractivity contribution < 1.29 is 27.9 Å². The van der Waals surface area contributed by atoms with Crippen molar-refractivity contribution in [3.63, 3.8) is 0 Å². The number of alkyl carbamates (subject to hydrolysis) is 1. The van der Waals surface area contributed by atoms with Gasteiger partial charge in [-0.3, -0.25) is 0 Å². The van der Waals surface area contributed by atoms with Gasteiger partial charge >= 0.3 is 12.1 Å². The number of rotatable bonds is 6. The SMILES string of the molecule is CC(C)(C)OC(=O)N[C@@H](CCNS(C)(=O)=O)C(=O)O. The lowest BCUT2D eigenvalue weighted by molar-refractivity contribution is -0.139. The predicted octanol–water partition coefficient (Wildman–Crippen LogP) is -0.0964. The zero-order valence-corrected chi connectivity index (χ0v) is 12.2. The molecule has 1 amide bonds. The van der Waals surface area contributed by atoms with Crippen molar-refractivity contribution in [1.82, 2.24) is 10.0 Å². The zero-order valence-electron chi connectivity index (χ0n) is 11.4. The smallest absolute Gasteiger partial charge is 0.408 e. The molecule has 9 heteroatoms. The Morgan fingerprint density at radius 1 is 1.32 bits per heavy atom. The van der Waals surface area contributed by atoms with Crippen LogP contribution in [0.25, 0.3) is 0 Å². The van der Waals surface area contributed by atoms with Crippen LogP contribution in [0.3, 0.4) is 0 Å². The number of sulfonamides is 1. The Bertz CT molecular complexity index is 426. The number of hydrogen-bond acceptors (Lipinski definition) is 5. The summed E-state index contributed by atoms with van der Waals surface area (Å²) in [6.07, 6.45) is 0.0189. The van der Waals surface area contributed by atoms with E-state index in [0.717, 1.165) is 6.26 Å². The van der Waals surface area contributed by atoms with E-state index in [9.17, 15) is 18.0 Å². The van der Waals surface area contributed by atoms with E-state index in [4.69, 9.17) is 9.84 Å². The number of nitrogens with one attached hydrogen (secondary N) is 2. The van der Waals surface area contributed by atoms with Crippen molar-refractivity contribution >= 4 is 22.1 Å². The van der Waals surface area contributed by atoms with Crippen molar-refractivity contribution in [2.75, 3.05) is 12.8 Å². The van der Waals surface area contributed by atoms with Gasteiger partial charge < -0.3 is 15.2 Å². The molecule has 0 fully saturated rings. The highest BCUT2D eigenvalue weighted by Gasteiger charge is 2.23. The first-order chi connectivity index (χ1) is 8.41. The highest BCUT2D eigenvalue weighted by Crippen LogP contribution is 2.07. The first-order valence-corrected chi connectivity index (χ1v) is 7.47. The second-order valence-electron chi connectivity index (χ2n) is 4.99. The van der Waals surface area contributed by atoms with E-state index in [1.54, 1.807) is 20.8 Å². The Kier molecular flexibility index (Phi) is 6.23. The van der Waals surface area contributed by atoms with Gasteiger partial charge in [0, 0.05) is 6.54 Å². The van der Waals surface area contributed by atoms with Crippen molar-refractivity contribution in [2.45, 2.75) is 38.8 Å². The summed E-state index contributed by atoms with van der Waals surface area (Å²) in [6.45, 7) is 4.85. The summed E-state index contributed by atoms with van der Waals surface area (Å²) in [6, 6.07) is -1.22. The molecule has 0 aromatic heterocycles. The maximum absolute atomic E-state index is 11.4. The third-order valence-electron chi connectivity index (χ3n) is 1.79. The number of carboxylic acids is 1. The molecular formula is C10H20N2O6S. The van der Waals surface area contributed by atoms with E-state index < -0.39 is 33.7 Å². The van der Waals surface area contributed by atoms with Crippen LogP contribution >= 0.6 is 0 Å². The van der Waals surface area contributed by atoms with Gasteiger partial charge in [0.05, 0.1) is 6.26 Å². The number of carbonyl (C=O) groups excluding carboxylic acids is 1. The fourth-order valence-corrected chi connectivity index (χ4v) is 1.58. The molecule has 0 rings (SSSR count). The van der Waals surface area contributed by atoms with Crippen LogP contribution in [0, 0.1) is 0 Å². The largest absolute Gasteiger partial charge is 0.480 e. The normalized spacial score (nSPS) is 13.7. The van der Waals surface area contributed by atoms with Crippen LogP contribution in [0.15, 0.2) is 0 Å². The summed E-state index contributed by atoms with van der Waals surface area (Å²) in [5.74, 6) is -1.26. The minimum absolute atomic E-state index is 0.0817. The highest BCUT2D eigenvalue weighted by molar-refractivity contribution is 7.88. The molecule has 0 aromatic rings.